The number of hydrogen-bond donors (Lipinski definition) is 1. The van der Waals surface area contributed by atoms with Crippen molar-refractivity contribution in [1.82, 2.24) is 5.32 Å². The molecule has 174 valence electrons. The minimum Gasteiger partial charge on any atom is -0.496 e. The molecule has 0 atom stereocenters. The van der Waals surface area contributed by atoms with Gasteiger partial charge in [0.1, 0.15) is 29.6 Å². The molecule has 1 aliphatic rings. The number of para-hydroxylation sites is 2. The van der Waals surface area contributed by atoms with Gasteiger partial charge in [-0.25, -0.2) is 4.90 Å². The number of rotatable bonds is 8. The molecule has 0 aliphatic carbocycles. The molecule has 34 heavy (non-hydrogen) atoms. The number of hydrogen-bond acceptors (Lipinski definition) is 5. The van der Waals surface area contributed by atoms with Crippen LogP contribution in [0.4, 0.5) is 5.69 Å². The first kappa shape index (κ1) is 23.3. The maximum atomic E-state index is 13.2. The molecule has 3 aromatic carbocycles. The summed E-state index contributed by atoms with van der Waals surface area (Å²) in [7, 11) is 3.18. The third kappa shape index (κ3) is 4.89. The van der Waals surface area contributed by atoms with Crippen LogP contribution in [0.3, 0.4) is 0 Å². The van der Waals surface area contributed by atoms with E-state index in [-0.39, 0.29) is 5.91 Å². The van der Waals surface area contributed by atoms with Crippen LogP contribution in [-0.2, 0) is 17.8 Å². The Kier molecular flexibility index (Phi) is 7.13. The van der Waals surface area contributed by atoms with Crippen LogP contribution in [0.5, 0.6) is 17.2 Å². The Labute approximate surface area is 204 Å². The highest BCUT2D eigenvalue weighted by molar-refractivity contribution is 7.80. The summed E-state index contributed by atoms with van der Waals surface area (Å²) in [6.07, 6.45) is 2.75. The lowest BCUT2D eigenvalue weighted by atomic mass is 10.1. The summed E-state index contributed by atoms with van der Waals surface area (Å²) >= 11 is 5.44. The van der Waals surface area contributed by atoms with Crippen molar-refractivity contribution in [2.45, 2.75) is 20.0 Å². The van der Waals surface area contributed by atoms with Crippen molar-refractivity contribution in [2.75, 3.05) is 19.1 Å². The van der Waals surface area contributed by atoms with Gasteiger partial charge in [0.15, 0.2) is 5.11 Å². The number of carbonyl (C=O) groups excluding carboxylic acids is 1. The zero-order valence-electron chi connectivity index (χ0n) is 19.3. The lowest BCUT2D eigenvalue weighted by Crippen LogP contribution is -2.30. The van der Waals surface area contributed by atoms with Gasteiger partial charge in [0, 0.05) is 5.56 Å². The Morgan fingerprint density at radius 3 is 2.41 bits per heavy atom. The number of thiocarbonyl (C=S) groups is 1. The van der Waals surface area contributed by atoms with Crippen molar-refractivity contribution in [3.63, 3.8) is 0 Å². The molecule has 0 spiro atoms. The summed E-state index contributed by atoms with van der Waals surface area (Å²) < 4.78 is 16.9. The summed E-state index contributed by atoms with van der Waals surface area (Å²) in [6, 6.07) is 21.0. The summed E-state index contributed by atoms with van der Waals surface area (Å²) in [5.74, 6) is 1.81. The summed E-state index contributed by atoms with van der Waals surface area (Å²) in [5, 5.41) is 3.32. The first-order valence-electron chi connectivity index (χ1n) is 10.9. The molecule has 1 amide bonds. The third-order valence-corrected chi connectivity index (χ3v) is 5.83. The van der Waals surface area contributed by atoms with E-state index in [1.165, 1.54) is 10.5 Å². The van der Waals surface area contributed by atoms with Crippen LogP contribution in [0, 0.1) is 0 Å². The zero-order chi connectivity index (χ0) is 24.1. The van der Waals surface area contributed by atoms with E-state index in [2.05, 4.69) is 24.4 Å². The first-order valence-corrected chi connectivity index (χ1v) is 11.3. The van der Waals surface area contributed by atoms with Crippen molar-refractivity contribution in [2.24, 2.45) is 0 Å². The second-order valence-electron chi connectivity index (χ2n) is 7.66. The van der Waals surface area contributed by atoms with Crippen molar-refractivity contribution in [3.8, 4) is 17.2 Å². The number of aryl methyl sites for hydroxylation is 1. The first-order chi connectivity index (χ1) is 16.5. The SMILES string of the molecule is CCc1ccc(OCc2cc(/C=C3/NC(=S)N(c4ccccc4OC)C3=O)ccc2OC)cc1. The van der Waals surface area contributed by atoms with Crippen LogP contribution in [-0.4, -0.2) is 25.2 Å². The summed E-state index contributed by atoms with van der Waals surface area (Å²) in [6.45, 7) is 2.45. The average molecular weight is 475 g/mol. The Hall–Kier alpha value is -3.84. The number of ether oxygens (including phenoxy) is 3. The lowest BCUT2D eigenvalue weighted by molar-refractivity contribution is -0.113. The Balaban J connectivity index is 1.56. The number of carbonyl (C=O) groups is 1. The van der Waals surface area contributed by atoms with E-state index in [0.717, 1.165) is 23.3 Å². The molecule has 1 fully saturated rings. The van der Waals surface area contributed by atoms with E-state index < -0.39 is 0 Å². The standard InChI is InChI=1S/C27H26N2O4S/c1-4-18-9-12-21(13-10-18)33-17-20-15-19(11-14-24(20)31-2)16-22-26(30)29(27(34)28-22)23-7-5-6-8-25(23)32-3/h5-16H,4,17H2,1-3H3,(H,28,34)/b22-16+. The Morgan fingerprint density at radius 2 is 1.71 bits per heavy atom. The third-order valence-electron chi connectivity index (χ3n) is 5.55. The minimum atomic E-state index is -0.251. The van der Waals surface area contributed by atoms with Gasteiger partial charge in [0.25, 0.3) is 5.91 Å². The topological polar surface area (TPSA) is 60.0 Å². The quantitative estimate of drug-likeness (QED) is 0.362. The summed E-state index contributed by atoms with van der Waals surface area (Å²) in [4.78, 5) is 14.6. The van der Waals surface area contributed by atoms with Crippen LogP contribution >= 0.6 is 12.2 Å². The molecule has 6 nitrogen and oxygen atoms in total. The van der Waals surface area contributed by atoms with Gasteiger partial charge >= 0.3 is 0 Å². The zero-order valence-corrected chi connectivity index (χ0v) is 20.1. The van der Waals surface area contributed by atoms with Crippen LogP contribution in [0.2, 0.25) is 0 Å². The van der Waals surface area contributed by atoms with E-state index in [1.807, 2.05) is 42.5 Å². The molecule has 1 aliphatic heterocycles. The molecule has 4 rings (SSSR count). The number of nitrogens with zero attached hydrogens (tertiary/aromatic N) is 1. The smallest absolute Gasteiger partial charge is 0.281 e. The normalized spacial score (nSPS) is 14.3. The number of methoxy groups -OCH3 is 2. The molecular formula is C27H26N2O4S. The maximum Gasteiger partial charge on any atom is 0.281 e. The second kappa shape index (κ2) is 10.4. The molecule has 3 aromatic rings. The molecule has 0 bridgehead atoms. The lowest BCUT2D eigenvalue weighted by Gasteiger charge is -2.17. The van der Waals surface area contributed by atoms with Gasteiger partial charge in [-0.2, -0.15) is 0 Å². The van der Waals surface area contributed by atoms with E-state index in [4.69, 9.17) is 26.4 Å². The van der Waals surface area contributed by atoms with Gasteiger partial charge in [-0.1, -0.05) is 37.3 Å². The predicted molar refractivity (Wildman–Crippen MR) is 137 cm³/mol. The average Bonchev–Trinajstić information content (AvgIpc) is 3.15. The fourth-order valence-corrected chi connectivity index (χ4v) is 4.01. The largest absolute Gasteiger partial charge is 0.496 e. The van der Waals surface area contributed by atoms with Crippen LogP contribution in [0.15, 0.2) is 72.4 Å². The van der Waals surface area contributed by atoms with E-state index in [0.29, 0.717) is 34.6 Å². The van der Waals surface area contributed by atoms with Gasteiger partial charge in [0.05, 0.1) is 19.9 Å². The molecular weight excluding hydrogens is 448 g/mol. The van der Waals surface area contributed by atoms with Gasteiger partial charge in [-0.05, 0) is 72.2 Å². The molecule has 1 saturated heterocycles. The number of nitrogens with one attached hydrogen (secondary N) is 1. The summed E-state index contributed by atoms with van der Waals surface area (Å²) in [5.41, 5.74) is 3.91. The van der Waals surface area contributed by atoms with Crippen molar-refractivity contribution in [3.05, 3.63) is 89.1 Å². The fourth-order valence-electron chi connectivity index (χ4n) is 3.72. The number of amides is 1. The molecule has 0 saturated carbocycles. The van der Waals surface area contributed by atoms with E-state index in [1.54, 1.807) is 32.4 Å². The van der Waals surface area contributed by atoms with Crippen LogP contribution < -0.4 is 24.4 Å². The van der Waals surface area contributed by atoms with Gasteiger partial charge in [-0.3, -0.25) is 4.79 Å². The van der Waals surface area contributed by atoms with Gasteiger partial charge in [-0.15, -0.1) is 0 Å². The molecule has 1 N–H and O–H groups in total. The molecule has 7 heteroatoms. The van der Waals surface area contributed by atoms with Gasteiger partial charge in [0.2, 0.25) is 0 Å². The highest BCUT2D eigenvalue weighted by atomic mass is 32.1. The van der Waals surface area contributed by atoms with Crippen molar-refractivity contribution in [1.29, 1.82) is 0 Å². The number of benzene rings is 3. The van der Waals surface area contributed by atoms with Crippen LogP contribution in [0.1, 0.15) is 23.6 Å². The predicted octanol–water partition coefficient (Wildman–Crippen LogP) is 5.11. The molecule has 0 unspecified atom stereocenters. The van der Waals surface area contributed by atoms with E-state index >= 15 is 0 Å². The fraction of sp³-hybridized carbons (Fsp3) is 0.185. The number of anilines is 1. The monoisotopic (exact) mass is 474 g/mol. The molecule has 0 radical (unpaired) electrons. The molecule has 1 heterocycles. The van der Waals surface area contributed by atoms with Crippen LogP contribution in [0.25, 0.3) is 6.08 Å². The Bertz CT molecular complexity index is 1240. The molecule has 0 aromatic heterocycles. The highest BCUT2D eigenvalue weighted by Crippen LogP contribution is 2.31. The second-order valence-corrected chi connectivity index (χ2v) is 8.04. The highest BCUT2D eigenvalue weighted by Gasteiger charge is 2.33. The van der Waals surface area contributed by atoms with Crippen molar-refractivity contribution < 1.29 is 19.0 Å². The Morgan fingerprint density at radius 1 is 0.971 bits per heavy atom. The van der Waals surface area contributed by atoms with Crippen molar-refractivity contribution >= 4 is 35.0 Å². The minimum absolute atomic E-state index is 0.251. The van der Waals surface area contributed by atoms with Gasteiger partial charge < -0.3 is 19.5 Å². The van der Waals surface area contributed by atoms with E-state index in [9.17, 15) is 4.79 Å². The maximum absolute atomic E-state index is 13.2.